The van der Waals surface area contributed by atoms with Gasteiger partial charge in [0.25, 0.3) is 0 Å². The summed E-state index contributed by atoms with van der Waals surface area (Å²) < 4.78 is 44.0. The smallest absolute Gasteiger partial charge is 0.246 e. The summed E-state index contributed by atoms with van der Waals surface area (Å²) in [5, 5.41) is 2.92. The zero-order chi connectivity index (χ0) is 23.3. The maximum absolute atomic E-state index is 13.3. The van der Waals surface area contributed by atoms with Crippen LogP contribution in [0.25, 0.3) is 0 Å². The number of benzene rings is 2. The van der Waals surface area contributed by atoms with Crippen LogP contribution in [0.2, 0.25) is 0 Å². The van der Waals surface area contributed by atoms with Gasteiger partial charge in [0.2, 0.25) is 15.9 Å². The van der Waals surface area contributed by atoms with E-state index < -0.39 is 15.9 Å². The molecule has 3 rings (SSSR count). The molecule has 1 aliphatic rings. The van der Waals surface area contributed by atoms with Crippen molar-refractivity contribution in [2.45, 2.75) is 31.2 Å². The van der Waals surface area contributed by atoms with Crippen LogP contribution in [-0.4, -0.2) is 53.0 Å². The van der Waals surface area contributed by atoms with Crippen LogP contribution in [0.1, 0.15) is 24.0 Å². The molecule has 1 atom stereocenters. The van der Waals surface area contributed by atoms with Gasteiger partial charge in [-0.2, -0.15) is 4.31 Å². The molecule has 2 aromatic carbocycles. The van der Waals surface area contributed by atoms with Crippen molar-refractivity contribution in [1.82, 2.24) is 9.62 Å². The van der Waals surface area contributed by atoms with Crippen LogP contribution in [0.15, 0.2) is 41.3 Å². The minimum atomic E-state index is -3.79. The number of rotatable bonds is 8. The average Bonchev–Trinajstić information content (AvgIpc) is 2.82. The van der Waals surface area contributed by atoms with Gasteiger partial charge < -0.3 is 19.5 Å². The highest BCUT2D eigenvalue weighted by molar-refractivity contribution is 7.89. The highest BCUT2D eigenvalue weighted by Gasteiger charge is 2.35. The number of nitrogens with zero attached hydrogens (tertiary/aromatic N) is 1. The molecule has 9 heteroatoms. The average molecular weight is 463 g/mol. The first kappa shape index (κ1) is 23.9. The number of ether oxygens (including phenoxy) is 3. The minimum Gasteiger partial charge on any atom is -0.496 e. The number of hydrogen-bond acceptors (Lipinski definition) is 6. The van der Waals surface area contributed by atoms with Crippen molar-refractivity contribution < 1.29 is 27.4 Å². The van der Waals surface area contributed by atoms with Gasteiger partial charge in [-0.05, 0) is 49.6 Å². The highest BCUT2D eigenvalue weighted by Crippen LogP contribution is 2.31. The molecule has 1 saturated heterocycles. The summed E-state index contributed by atoms with van der Waals surface area (Å²) in [6, 6.07) is 10.5. The molecular weight excluding hydrogens is 432 g/mol. The fraction of sp³-hybridized carbons (Fsp3) is 0.435. The summed E-state index contributed by atoms with van der Waals surface area (Å²) in [5.41, 5.74) is 1.55. The van der Waals surface area contributed by atoms with E-state index in [1.807, 2.05) is 13.0 Å². The Morgan fingerprint density at radius 2 is 1.72 bits per heavy atom. The van der Waals surface area contributed by atoms with Gasteiger partial charge in [-0.15, -0.1) is 0 Å². The van der Waals surface area contributed by atoms with Crippen LogP contribution in [0.5, 0.6) is 17.2 Å². The monoisotopic (exact) mass is 462 g/mol. The number of amides is 1. The summed E-state index contributed by atoms with van der Waals surface area (Å²) in [6.45, 7) is 2.54. The van der Waals surface area contributed by atoms with Gasteiger partial charge in [-0.25, -0.2) is 8.42 Å². The predicted octanol–water partition coefficient (Wildman–Crippen LogP) is 2.74. The Hall–Kier alpha value is -2.78. The number of aryl methyl sites for hydroxylation is 1. The molecule has 1 amide bonds. The Kier molecular flexibility index (Phi) is 7.63. The maximum atomic E-state index is 13.3. The number of nitrogens with one attached hydrogen (secondary N) is 1. The topological polar surface area (TPSA) is 94.2 Å². The largest absolute Gasteiger partial charge is 0.496 e. The third-order valence-electron chi connectivity index (χ3n) is 5.66. The molecule has 174 valence electrons. The first-order valence-corrected chi connectivity index (χ1v) is 11.9. The number of sulfonamides is 1. The lowest BCUT2D eigenvalue weighted by Gasteiger charge is -2.31. The number of methoxy groups -OCH3 is 3. The van der Waals surface area contributed by atoms with Gasteiger partial charge in [0, 0.05) is 13.1 Å². The van der Waals surface area contributed by atoms with Gasteiger partial charge in [0.1, 0.15) is 22.1 Å². The Morgan fingerprint density at radius 3 is 2.34 bits per heavy atom. The molecule has 1 fully saturated rings. The summed E-state index contributed by atoms with van der Waals surface area (Å²) in [6.07, 6.45) is 1.22. The van der Waals surface area contributed by atoms with Crippen LogP contribution in [0, 0.1) is 12.8 Å². The van der Waals surface area contributed by atoms with Gasteiger partial charge in [0.05, 0.1) is 39.4 Å². The second-order valence-electron chi connectivity index (χ2n) is 7.72. The molecule has 2 aromatic rings. The zero-order valence-corrected chi connectivity index (χ0v) is 19.7. The van der Waals surface area contributed by atoms with E-state index in [1.165, 1.54) is 11.4 Å². The van der Waals surface area contributed by atoms with E-state index in [1.54, 1.807) is 44.6 Å². The van der Waals surface area contributed by atoms with E-state index in [0.717, 1.165) is 11.1 Å². The molecule has 1 unspecified atom stereocenters. The summed E-state index contributed by atoms with van der Waals surface area (Å²) in [4.78, 5) is 13.0. The summed E-state index contributed by atoms with van der Waals surface area (Å²) in [5.74, 6) is 0.877. The predicted molar refractivity (Wildman–Crippen MR) is 121 cm³/mol. The molecule has 1 heterocycles. The first-order chi connectivity index (χ1) is 15.3. The van der Waals surface area contributed by atoms with Crippen molar-refractivity contribution in [3.05, 3.63) is 47.5 Å². The van der Waals surface area contributed by atoms with Crippen LogP contribution >= 0.6 is 0 Å². The number of carbonyl (C=O) groups excluding carboxylic acids is 1. The van der Waals surface area contributed by atoms with E-state index in [2.05, 4.69) is 5.32 Å². The minimum absolute atomic E-state index is 0.119. The van der Waals surface area contributed by atoms with E-state index >= 15 is 0 Å². The normalized spacial score (nSPS) is 16.9. The lowest BCUT2D eigenvalue weighted by atomic mass is 9.98. The van der Waals surface area contributed by atoms with E-state index in [-0.39, 0.29) is 23.9 Å². The van der Waals surface area contributed by atoms with Crippen molar-refractivity contribution in [2.75, 3.05) is 34.4 Å². The fourth-order valence-electron chi connectivity index (χ4n) is 3.92. The molecule has 0 aromatic heterocycles. The van der Waals surface area contributed by atoms with E-state index in [4.69, 9.17) is 14.2 Å². The van der Waals surface area contributed by atoms with Gasteiger partial charge in [-0.3, -0.25) is 4.79 Å². The van der Waals surface area contributed by atoms with Crippen LogP contribution in [0.3, 0.4) is 0 Å². The maximum Gasteiger partial charge on any atom is 0.246 e. The molecule has 1 aliphatic heterocycles. The Bertz CT molecular complexity index is 1050. The summed E-state index contributed by atoms with van der Waals surface area (Å²) in [7, 11) is 0.771. The molecule has 1 N–H and O–H groups in total. The zero-order valence-electron chi connectivity index (χ0n) is 18.9. The van der Waals surface area contributed by atoms with Crippen molar-refractivity contribution in [3.8, 4) is 17.2 Å². The van der Waals surface area contributed by atoms with Crippen LogP contribution in [0.4, 0.5) is 0 Å². The third-order valence-corrected chi connectivity index (χ3v) is 7.55. The van der Waals surface area contributed by atoms with E-state index in [0.29, 0.717) is 36.6 Å². The second kappa shape index (κ2) is 10.2. The van der Waals surface area contributed by atoms with Crippen molar-refractivity contribution in [1.29, 1.82) is 0 Å². The number of carbonyl (C=O) groups is 1. The molecule has 0 bridgehead atoms. The lowest BCUT2D eigenvalue weighted by Crippen LogP contribution is -2.45. The van der Waals surface area contributed by atoms with Crippen LogP contribution in [-0.2, 0) is 21.4 Å². The first-order valence-electron chi connectivity index (χ1n) is 10.4. The van der Waals surface area contributed by atoms with Crippen molar-refractivity contribution >= 4 is 15.9 Å². The lowest BCUT2D eigenvalue weighted by molar-refractivity contribution is -0.126. The van der Waals surface area contributed by atoms with Crippen LogP contribution < -0.4 is 19.5 Å². The van der Waals surface area contributed by atoms with Gasteiger partial charge >= 0.3 is 0 Å². The molecule has 0 spiro atoms. The van der Waals surface area contributed by atoms with Gasteiger partial charge in [0.15, 0.2) is 0 Å². The Labute approximate surface area is 189 Å². The third kappa shape index (κ3) is 4.99. The molecule has 0 saturated carbocycles. The van der Waals surface area contributed by atoms with E-state index in [9.17, 15) is 13.2 Å². The molecule has 8 nitrogen and oxygen atoms in total. The molecule has 0 aliphatic carbocycles. The Balaban J connectivity index is 1.74. The number of piperidine rings is 1. The van der Waals surface area contributed by atoms with Gasteiger partial charge in [-0.1, -0.05) is 12.1 Å². The number of hydrogen-bond donors (Lipinski definition) is 1. The molecule has 0 radical (unpaired) electrons. The standard InChI is InChI=1S/C23H30N2O6S/c1-16-10-11-21(31-4)22(13-16)32(27,28)25-12-6-7-17(15-25)23(26)24-14-18-19(29-2)8-5-9-20(18)30-3/h5,8-11,13,17H,6-7,12,14-15H2,1-4H3,(H,24,26). The molecular formula is C23H30N2O6S. The molecule has 32 heavy (non-hydrogen) atoms. The summed E-state index contributed by atoms with van der Waals surface area (Å²) >= 11 is 0. The highest BCUT2D eigenvalue weighted by atomic mass is 32.2. The van der Waals surface area contributed by atoms with Crippen molar-refractivity contribution in [2.24, 2.45) is 5.92 Å². The second-order valence-corrected chi connectivity index (χ2v) is 9.62. The fourth-order valence-corrected chi connectivity index (χ4v) is 5.69. The quantitative estimate of drug-likeness (QED) is 0.648. The Morgan fingerprint density at radius 1 is 1.06 bits per heavy atom. The SMILES string of the molecule is COc1ccc(C)cc1S(=O)(=O)N1CCCC(C(=O)NCc2c(OC)cccc2OC)C1. The van der Waals surface area contributed by atoms with Crippen molar-refractivity contribution in [3.63, 3.8) is 0 Å².